The van der Waals surface area contributed by atoms with Gasteiger partial charge in [0.15, 0.2) is 0 Å². The van der Waals surface area contributed by atoms with Gasteiger partial charge in [-0.2, -0.15) is 0 Å². The molecular formula is C12H23N3O3. The number of amides is 3. The van der Waals surface area contributed by atoms with Crippen molar-refractivity contribution in [3.05, 3.63) is 0 Å². The molecule has 0 saturated heterocycles. The lowest BCUT2D eigenvalue weighted by Gasteiger charge is -2.49. The molecule has 0 aromatic heterocycles. The van der Waals surface area contributed by atoms with E-state index in [4.69, 9.17) is 5.73 Å². The van der Waals surface area contributed by atoms with Crippen molar-refractivity contribution in [1.82, 2.24) is 10.6 Å². The quantitative estimate of drug-likeness (QED) is 0.567. The molecule has 6 nitrogen and oxygen atoms in total. The standard InChI is InChI=1S/C12H23N3O3/c1-6(2)9(15-11(13)18)10(17)14-7-5-8(16)12(7,3)4/h6-9,16H,5H2,1-4H3,(H,14,17)(H3,13,15,18). The van der Waals surface area contributed by atoms with E-state index in [1.54, 1.807) is 0 Å². The number of nitrogens with two attached hydrogens (primary N) is 1. The van der Waals surface area contributed by atoms with Crippen LogP contribution in [-0.4, -0.2) is 35.2 Å². The smallest absolute Gasteiger partial charge is 0.312 e. The predicted octanol–water partition coefficient (Wildman–Crippen LogP) is -0.0451. The lowest BCUT2D eigenvalue weighted by Crippen LogP contribution is -2.64. The van der Waals surface area contributed by atoms with Crippen LogP contribution in [0.2, 0.25) is 0 Å². The van der Waals surface area contributed by atoms with Crippen LogP contribution >= 0.6 is 0 Å². The summed E-state index contributed by atoms with van der Waals surface area (Å²) in [6.45, 7) is 7.47. The minimum Gasteiger partial charge on any atom is -0.392 e. The largest absolute Gasteiger partial charge is 0.392 e. The lowest BCUT2D eigenvalue weighted by molar-refractivity contribution is -0.132. The summed E-state index contributed by atoms with van der Waals surface area (Å²) < 4.78 is 0. The first-order valence-corrected chi connectivity index (χ1v) is 6.20. The third-order valence-electron chi connectivity index (χ3n) is 3.78. The monoisotopic (exact) mass is 257 g/mol. The van der Waals surface area contributed by atoms with Crippen LogP contribution in [0.25, 0.3) is 0 Å². The average Bonchev–Trinajstić information content (AvgIpc) is 2.24. The van der Waals surface area contributed by atoms with Crippen molar-refractivity contribution in [2.45, 2.75) is 52.3 Å². The molecule has 3 amide bonds. The van der Waals surface area contributed by atoms with Crippen LogP contribution in [0.5, 0.6) is 0 Å². The summed E-state index contributed by atoms with van der Waals surface area (Å²) in [5.41, 5.74) is 4.72. The Hall–Kier alpha value is -1.30. The Kier molecular flexibility index (Phi) is 4.21. The molecule has 1 saturated carbocycles. The number of carbonyl (C=O) groups is 2. The fourth-order valence-electron chi connectivity index (χ4n) is 2.10. The summed E-state index contributed by atoms with van der Waals surface area (Å²) in [4.78, 5) is 22.9. The maximum atomic E-state index is 12.1. The molecule has 104 valence electrons. The highest BCUT2D eigenvalue weighted by Gasteiger charge is 2.48. The fourth-order valence-corrected chi connectivity index (χ4v) is 2.10. The van der Waals surface area contributed by atoms with Crippen molar-refractivity contribution >= 4 is 11.9 Å². The number of hydrogen-bond acceptors (Lipinski definition) is 3. The summed E-state index contributed by atoms with van der Waals surface area (Å²) in [6.07, 6.45) is 0.143. The van der Waals surface area contributed by atoms with E-state index in [9.17, 15) is 14.7 Å². The maximum Gasteiger partial charge on any atom is 0.312 e. The topological polar surface area (TPSA) is 104 Å². The van der Waals surface area contributed by atoms with E-state index >= 15 is 0 Å². The Balaban J connectivity index is 2.60. The maximum absolute atomic E-state index is 12.1. The summed E-state index contributed by atoms with van der Waals surface area (Å²) in [5, 5.41) is 14.9. The molecule has 6 heteroatoms. The molecule has 1 fully saturated rings. The van der Waals surface area contributed by atoms with Gasteiger partial charge in [-0.05, 0) is 12.3 Å². The Morgan fingerprint density at radius 1 is 1.39 bits per heavy atom. The highest BCUT2D eigenvalue weighted by atomic mass is 16.3. The molecule has 0 spiro atoms. The number of aliphatic hydroxyl groups excluding tert-OH is 1. The van der Waals surface area contributed by atoms with Gasteiger partial charge < -0.3 is 21.5 Å². The van der Waals surface area contributed by atoms with Crippen LogP contribution in [-0.2, 0) is 4.79 Å². The molecule has 3 atom stereocenters. The normalized spacial score (nSPS) is 27.2. The third-order valence-corrected chi connectivity index (χ3v) is 3.78. The molecule has 1 aliphatic carbocycles. The summed E-state index contributed by atoms with van der Waals surface area (Å²) in [7, 11) is 0. The Labute approximate surface area is 107 Å². The van der Waals surface area contributed by atoms with E-state index < -0.39 is 18.2 Å². The van der Waals surface area contributed by atoms with Gasteiger partial charge in [-0.1, -0.05) is 27.7 Å². The number of nitrogens with one attached hydrogen (secondary N) is 2. The van der Waals surface area contributed by atoms with Gasteiger partial charge in [0.25, 0.3) is 0 Å². The van der Waals surface area contributed by atoms with Gasteiger partial charge in [-0.25, -0.2) is 4.79 Å². The SMILES string of the molecule is CC(C)C(NC(N)=O)C(=O)NC1CC(O)C1(C)C. The molecule has 3 unspecified atom stereocenters. The molecule has 0 aliphatic heterocycles. The van der Waals surface area contributed by atoms with Crippen molar-refractivity contribution < 1.29 is 14.7 Å². The van der Waals surface area contributed by atoms with Crippen LogP contribution < -0.4 is 16.4 Å². The van der Waals surface area contributed by atoms with E-state index in [0.29, 0.717) is 6.42 Å². The number of carbonyl (C=O) groups excluding carboxylic acids is 2. The Morgan fingerprint density at radius 2 is 1.94 bits per heavy atom. The van der Waals surface area contributed by atoms with Crippen LogP contribution in [0, 0.1) is 11.3 Å². The highest BCUT2D eigenvalue weighted by Crippen LogP contribution is 2.40. The summed E-state index contributed by atoms with van der Waals surface area (Å²) in [6, 6.07) is -1.43. The van der Waals surface area contributed by atoms with Crippen molar-refractivity contribution in [1.29, 1.82) is 0 Å². The summed E-state index contributed by atoms with van der Waals surface area (Å²) >= 11 is 0. The molecule has 1 aliphatic rings. The minimum absolute atomic E-state index is 0.0504. The van der Waals surface area contributed by atoms with Crippen molar-refractivity contribution in [2.24, 2.45) is 17.1 Å². The Bertz CT molecular complexity index is 341. The molecule has 18 heavy (non-hydrogen) atoms. The van der Waals surface area contributed by atoms with Crippen molar-refractivity contribution in [2.75, 3.05) is 0 Å². The second kappa shape index (κ2) is 5.14. The first-order chi connectivity index (χ1) is 8.16. The second-order valence-electron chi connectivity index (χ2n) is 5.86. The van der Waals surface area contributed by atoms with Gasteiger partial charge in [-0.15, -0.1) is 0 Å². The molecule has 0 heterocycles. The van der Waals surface area contributed by atoms with Gasteiger partial charge in [0.2, 0.25) is 5.91 Å². The van der Waals surface area contributed by atoms with Gasteiger partial charge >= 0.3 is 6.03 Å². The van der Waals surface area contributed by atoms with E-state index in [0.717, 1.165) is 0 Å². The fraction of sp³-hybridized carbons (Fsp3) is 0.833. The molecule has 0 aromatic rings. The second-order valence-corrected chi connectivity index (χ2v) is 5.86. The molecule has 0 bridgehead atoms. The average molecular weight is 257 g/mol. The van der Waals surface area contributed by atoms with Gasteiger partial charge in [0.05, 0.1) is 6.10 Å². The van der Waals surface area contributed by atoms with Gasteiger partial charge in [-0.3, -0.25) is 4.79 Å². The zero-order valence-corrected chi connectivity index (χ0v) is 11.4. The summed E-state index contributed by atoms with van der Waals surface area (Å²) in [5.74, 6) is -0.306. The lowest BCUT2D eigenvalue weighted by atomic mass is 9.64. The van der Waals surface area contributed by atoms with Crippen LogP contribution in [0.4, 0.5) is 4.79 Å². The highest BCUT2D eigenvalue weighted by molar-refractivity contribution is 5.87. The zero-order valence-electron chi connectivity index (χ0n) is 11.4. The number of urea groups is 1. The number of rotatable bonds is 4. The number of hydrogen-bond donors (Lipinski definition) is 4. The number of aliphatic hydroxyl groups is 1. The molecule has 5 N–H and O–H groups in total. The van der Waals surface area contributed by atoms with E-state index in [1.165, 1.54) is 0 Å². The number of primary amides is 1. The third kappa shape index (κ3) is 2.93. The van der Waals surface area contributed by atoms with Gasteiger partial charge in [0, 0.05) is 11.5 Å². The van der Waals surface area contributed by atoms with E-state index in [1.807, 2.05) is 27.7 Å². The predicted molar refractivity (Wildman–Crippen MR) is 67.7 cm³/mol. The van der Waals surface area contributed by atoms with Crippen LogP contribution in [0.15, 0.2) is 0 Å². The van der Waals surface area contributed by atoms with Crippen molar-refractivity contribution in [3.8, 4) is 0 Å². The van der Waals surface area contributed by atoms with Gasteiger partial charge in [0.1, 0.15) is 6.04 Å². The van der Waals surface area contributed by atoms with Crippen LogP contribution in [0.3, 0.4) is 0 Å². The van der Waals surface area contributed by atoms with E-state index in [2.05, 4.69) is 10.6 Å². The molecule has 0 aromatic carbocycles. The minimum atomic E-state index is -0.711. The van der Waals surface area contributed by atoms with Crippen LogP contribution in [0.1, 0.15) is 34.1 Å². The Morgan fingerprint density at radius 3 is 2.28 bits per heavy atom. The zero-order chi connectivity index (χ0) is 14.1. The first-order valence-electron chi connectivity index (χ1n) is 6.20. The molecular weight excluding hydrogens is 234 g/mol. The van der Waals surface area contributed by atoms with Crippen molar-refractivity contribution in [3.63, 3.8) is 0 Å². The molecule has 0 radical (unpaired) electrons. The van der Waals surface area contributed by atoms with E-state index in [-0.39, 0.29) is 23.3 Å². The first kappa shape index (κ1) is 14.8. The molecule has 1 rings (SSSR count).